The molecule has 0 aliphatic heterocycles. The van der Waals surface area contributed by atoms with Gasteiger partial charge < -0.3 is 10.4 Å². The second-order valence-corrected chi connectivity index (χ2v) is 4.82. The summed E-state index contributed by atoms with van der Waals surface area (Å²) in [6.07, 6.45) is 2.11. The van der Waals surface area contributed by atoms with Gasteiger partial charge in [-0.05, 0) is 25.0 Å². The molecule has 0 spiro atoms. The summed E-state index contributed by atoms with van der Waals surface area (Å²) in [5.74, 6) is 0.0724. The van der Waals surface area contributed by atoms with Crippen LogP contribution in [0, 0.1) is 0 Å². The molecule has 0 atom stereocenters. The molecule has 6 heteroatoms. The van der Waals surface area contributed by atoms with Crippen LogP contribution in [0.15, 0.2) is 30.3 Å². The number of para-hydroxylation sites is 1. The third-order valence-electron chi connectivity index (χ3n) is 3.28. The number of hydrogen-bond acceptors (Lipinski definition) is 4. The highest BCUT2D eigenvalue weighted by molar-refractivity contribution is 5.93. The largest absolute Gasteiger partial charge is 0.395 e. The predicted octanol–water partition coefficient (Wildman–Crippen LogP) is 0.867. The molecule has 0 bridgehead atoms. The van der Waals surface area contributed by atoms with Gasteiger partial charge >= 0.3 is 0 Å². The molecule has 20 heavy (non-hydrogen) atoms. The zero-order chi connectivity index (χ0) is 13.9. The summed E-state index contributed by atoms with van der Waals surface area (Å²) < 4.78 is 1.74. The van der Waals surface area contributed by atoms with Crippen molar-refractivity contribution < 1.29 is 9.90 Å². The second-order valence-electron chi connectivity index (χ2n) is 4.82. The highest BCUT2D eigenvalue weighted by atomic mass is 16.3. The lowest BCUT2D eigenvalue weighted by molar-refractivity contribution is 0.0938. The number of nitrogens with zero attached hydrogens (tertiary/aromatic N) is 3. The van der Waals surface area contributed by atoms with Gasteiger partial charge in [0, 0.05) is 12.5 Å². The average molecular weight is 272 g/mol. The van der Waals surface area contributed by atoms with Crippen molar-refractivity contribution in [1.29, 1.82) is 0 Å². The molecule has 1 saturated carbocycles. The maximum Gasteiger partial charge on any atom is 0.273 e. The lowest BCUT2D eigenvalue weighted by Gasteiger charge is -2.07. The topological polar surface area (TPSA) is 80.0 Å². The number of rotatable bonds is 5. The van der Waals surface area contributed by atoms with Gasteiger partial charge in [0.1, 0.15) is 0 Å². The minimum atomic E-state index is -0.275. The smallest absolute Gasteiger partial charge is 0.273 e. The SMILES string of the molecule is O=C(NCCO)c1nnn(-c2ccccc2)c1C1CC1. The molecule has 3 rings (SSSR count). The fourth-order valence-corrected chi connectivity index (χ4v) is 2.19. The molecule has 1 aliphatic carbocycles. The Labute approximate surface area is 116 Å². The van der Waals surface area contributed by atoms with Crippen molar-refractivity contribution in [2.75, 3.05) is 13.2 Å². The number of amides is 1. The summed E-state index contributed by atoms with van der Waals surface area (Å²) in [6, 6.07) is 9.68. The van der Waals surface area contributed by atoms with Gasteiger partial charge in [-0.1, -0.05) is 23.4 Å². The van der Waals surface area contributed by atoms with E-state index in [-0.39, 0.29) is 19.1 Å². The van der Waals surface area contributed by atoms with Crippen LogP contribution >= 0.6 is 0 Å². The molecule has 0 unspecified atom stereocenters. The quantitative estimate of drug-likeness (QED) is 0.846. The summed E-state index contributed by atoms with van der Waals surface area (Å²) in [5, 5.41) is 19.6. The molecule has 1 aromatic carbocycles. The van der Waals surface area contributed by atoms with E-state index in [2.05, 4.69) is 15.6 Å². The highest BCUT2D eigenvalue weighted by Crippen LogP contribution is 2.41. The molecule has 2 aromatic rings. The summed E-state index contributed by atoms with van der Waals surface area (Å²) >= 11 is 0. The van der Waals surface area contributed by atoms with Crippen LogP contribution in [-0.2, 0) is 0 Å². The van der Waals surface area contributed by atoms with Crippen LogP contribution in [0.5, 0.6) is 0 Å². The molecule has 1 heterocycles. The number of carbonyl (C=O) groups excluding carboxylic acids is 1. The number of aromatic nitrogens is 3. The first kappa shape index (κ1) is 12.8. The normalized spacial score (nSPS) is 14.2. The van der Waals surface area contributed by atoms with Gasteiger partial charge in [-0.3, -0.25) is 4.79 Å². The molecule has 1 aromatic heterocycles. The first-order valence-corrected chi connectivity index (χ1v) is 6.71. The zero-order valence-corrected chi connectivity index (χ0v) is 11.0. The number of aliphatic hydroxyl groups is 1. The van der Waals surface area contributed by atoms with Crippen molar-refractivity contribution in [1.82, 2.24) is 20.3 Å². The summed E-state index contributed by atoms with van der Waals surface area (Å²) in [4.78, 5) is 12.1. The Kier molecular flexibility index (Phi) is 3.47. The van der Waals surface area contributed by atoms with Crippen LogP contribution in [0.2, 0.25) is 0 Å². The molecule has 104 valence electrons. The van der Waals surface area contributed by atoms with Gasteiger partial charge in [0.05, 0.1) is 18.0 Å². The monoisotopic (exact) mass is 272 g/mol. The van der Waals surface area contributed by atoms with E-state index < -0.39 is 0 Å². The lowest BCUT2D eigenvalue weighted by atomic mass is 10.2. The van der Waals surface area contributed by atoms with Crippen LogP contribution < -0.4 is 5.32 Å². The Morgan fingerprint density at radius 2 is 2.10 bits per heavy atom. The van der Waals surface area contributed by atoms with Crippen molar-refractivity contribution in [3.8, 4) is 5.69 Å². The molecule has 1 amide bonds. The number of aliphatic hydroxyl groups excluding tert-OH is 1. The van der Waals surface area contributed by atoms with E-state index in [4.69, 9.17) is 5.11 Å². The molecule has 2 N–H and O–H groups in total. The predicted molar refractivity (Wildman–Crippen MR) is 72.8 cm³/mol. The third-order valence-corrected chi connectivity index (χ3v) is 3.28. The number of nitrogens with one attached hydrogen (secondary N) is 1. The fourth-order valence-electron chi connectivity index (χ4n) is 2.19. The molecule has 6 nitrogen and oxygen atoms in total. The van der Waals surface area contributed by atoms with Gasteiger partial charge in [-0.25, -0.2) is 4.68 Å². The number of benzene rings is 1. The van der Waals surface area contributed by atoms with Gasteiger partial charge in [-0.2, -0.15) is 0 Å². The Hall–Kier alpha value is -2.21. The van der Waals surface area contributed by atoms with Crippen molar-refractivity contribution >= 4 is 5.91 Å². The van der Waals surface area contributed by atoms with Gasteiger partial charge in [-0.15, -0.1) is 5.10 Å². The van der Waals surface area contributed by atoms with E-state index in [0.29, 0.717) is 11.6 Å². The molecule has 1 aliphatic rings. The minimum Gasteiger partial charge on any atom is -0.395 e. The van der Waals surface area contributed by atoms with E-state index in [1.165, 1.54) is 0 Å². The molecular weight excluding hydrogens is 256 g/mol. The van der Waals surface area contributed by atoms with E-state index in [9.17, 15) is 4.79 Å². The molecular formula is C14H16N4O2. The lowest BCUT2D eigenvalue weighted by Crippen LogP contribution is -2.27. The van der Waals surface area contributed by atoms with Gasteiger partial charge in [0.25, 0.3) is 5.91 Å². The van der Waals surface area contributed by atoms with Crippen LogP contribution in [0.1, 0.15) is 34.9 Å². The van der Waals surface area contributed by atoms with Crippen LogP contribution in [-0.4, -0.2) is 39.2 Å². The van der Waals surface area contributed by atoms with Crippen LogP contribution in [0.3, 0.4) is 0 Å². The average Bonchev–Trinajstić information content (AvgIpc) is 3.24. The second kappa shape index (κ2) is 5.42. The Bertz CT molecular complexity index is 605. The fraction of sp³-hybridized carbons (Fsp3) is 0.357. The first-order chi connectivity index (χ1) is 9.81. The van der Waals surface area contributed by atoms with Gasteiger partial charge in [0.2, 0.25) is 0 Å². The summed E-state index contributed by atoms with van der Waals surface area (Å²) in [6.45, 7) is 0.137. The summed E-state index contributed by atoms with van der Waals surface area (Å²) in [7, 11) is 0. The standard InChI is InChI=1S/C14H16N4O2/c19-9-8-15-14(20)12-13(10-6-7-10)18(17-16-12)11-4-2-1-3-5-11/h1-5,10,19H,6-9H2,(H,15,20). The van der Waals surface area contributed by atoms with Crippen molar-refractivity contribution in [3.63, 3.8) is 0 Å². The van der Waals surface area contributed by atoms with E-state index >= 15 is 0 Å². The van der Waals surface area contributed by atoms with Crippen molar-refractivity contribution in [2.45, 2.75) is 18.8 Å². The van der Waals surface area contributed by atoms with Crippen LogP contribution in [0.25, 0.3) is 5.69 Å². The number of carbonyl (C=O) groups is 1. The molecule has 0 saturated heterocycles. The van der Waals surface area contributed by atoms with Gasteiger partial charge in [0.15, 0.2) is 5.69 Å². The van der Waals surface area contributed by atoms with E-state index in [1.54, 1.807) is 4.68 Å². The molecule has 0 radical (unpaired) electrons. The Morgan fingerprint density at radius 1 is 1.35 bits per heavy atom. The Morgan fingerprint density at radius 3 is 2.75 bits per heavy atom. The van der Waals surface area contributed by atoms with E-state index in [0.717, 1.165) is 24.2 Å². The van der Waals surface area contributed by atoms with Crippen LogP contribution in [0.4, 0.5) is 0 Å². The molecule has 1 fully saturated rings. The maximum absolute atomic E-state index is 12.1. The van der Waals surface area contributed by atoms with E-state index in [1.807, 2.05) is 30.3 Å². The third kappa shape index (κ3) is 2.42. The summed E-state index contributed by atoms with van der Waals surface area (Å²) in [5.41, 5.74) is 2.14. The first-order valence-electron chi connectivity index (χ1n) is 6.71. The van der Waals surface area contributed by atoms with Crippen molar-refractivity contribution in [3.05, 3.63) is 41.7 Å². The highest BCUT2D eigenvalue weighted by Gasteiger charge is 2.34. The zero-order valence-electron chi connectivity index (χ0n) is 11.0. The Balaban J connectivity index is 1.96. The number of hydrogen-bond donors (Lipinski definition) is 2. The maximum atomic E-state index is 12.1. The van der Waals surface area contributed by atoms with Crippen molar-refractivity contribution in [2.24, 2.45) is 0 Å². The minimum absolute atomic E-state index is 0.0860.